The summed E-state index contributed by atoms with van der Waals surface area (Å²) in [5.74, 6) is 2.97. The molecule has 1 aliphatic carbocycles. The molecule has 6 aliphatic rings. The molecular weight excluding hydrogens is 785 g/mol. The van der Waals surface area contributed by atoms with E-state index in [1.54, 1.807) is 18.3 Å². The highest BCUT2D eigenvalue weighted by molar-refractivity contribution is 6.06. The summed E-state index contributed by atoms with van der Waals surface area (Å²) < 4.78 is 12.2. The number of amides is 3. The van der Waals surface area contributed by atoms with Crippen molar-refractivity contribution >= 4 is 40.1 Å². The van der Waals surface area contributed by atoms with Crippen LogP contribution in [-0.2, 0) is 16.1 Å². The number of hydrogen-bond acceptors (Lipinski definition) is 12. The van der Waals surface area contributed by atoms with E-state index in [4.69, 9.17) is 14.5 Å². The van der Waals surface area contributed by atoms with Gasteiger partial charge in [-0.1, -0.05) is 0 Å². The molecule has 5 fully saturated rings. The van der Waals surface area contributed by atoms with Crippen molar-refractivity contribution in [3.8, 4) is 22.9 Å². The normalized spacial score (nSPS) is 23.5. The number of aromatic nitrogens is 4. The lowest BCUT2D eigenvalue weighted by Gasteiger charge is -2.50. The molecule has 2 aromatic carbocycles. The molecule has 0 bridgehead atoms. The predicted octanol–water partition coefficient (Wildman–Crippen LogP) is 5.25. The molecule has 1 unspecified atom stereocenters. The first-order valence-electron chi connectivity index (χ1n) is 22.7. The molecule has 0 spiro atoms. The lowest BCUT2D eigenvalue weighted by Crippen LogP contribution is -2.61. The number of rotatable bonds is 11. The molecular formula is C47H60N10O5. The molecule has 2 N–H and O–H groups in total. The van der Waals surface area contributed by atoms with Crippen LogP contribution in [0.4, 0.5) is 11.5 Å². The molecule has 7 heterocycles. The summed E-state index contributed by atoms with van der Waals surface area (Å²) >= 11 is 0. The summed E-state index contributed by atoms with van der Waals surface area (Å²) in [6.45, 7) is 16.6. The third-order valence-electron chi connectivity index (χ3n) is 14.6. The Morgan fingerprint density at radius 2 is 1.60 bits per heavy atom. The average molecular weight is 845 g/mol. The first-order chi connectivity index (χ1) is 29.9. The SMILES string of the molecule is COc1c(N2CCC(CN3CCN(CC4CCN(c5cc(-c6n[nH]c7ccc(OC8(C)CC8)cc67)ncn5)CC4)C(C)(C)C3)CC2)ccc2c1CN(C1CCC(=O)NC1=O)C2=O. The van der Waals surface area contributed by atoms with Crippen molar-refractivity contribution in [1.82, 2.24) is 40.2 Å². The van der Waals surface area contributed by atoms with Gasteiger partial charge in [-0.3, -0.25) is 34.6 Å². The number of carbonyl (C=O) groups excluding carboxylic acids is 3. The van der Waals surface area contributed by atoms with Crippen molar-refractivity contribution in [1.29, 1.82) is 0 Å². The van der Waals surface area contributed by atoms with Gasteiger partial charge in [-0.25, -0.2) is 9.97 Å². The van der Waals surface area contributed by atoms with E-state index in [2.05, 4.69) is 73.0 Å². The fraction of sp³-hybridized carbons (Fsp3) is 0.574. The van der Waals surface area contributed by atoms with Crippen LogP contribution in [0.1, 0.15) is 88.1 Å². The van der Waals surface area contributed by atoms with Gasteiger partial charge in [-0.2, -0.15) is 5.10 Å². The van der Waals surface area contributed by atoms with Crippen LogP contribution in [-0.4, -0.2) is 136 Å². The van der Waals surface area contributed by atoms with Crippen LogP contribution in [0.2, 0.25) is 0 Å². The topological polar surface area (TPSA) is 152 Å². The zero-order chi connectivity index (χ0) is 42.8. The highest BCUT2D eigenvalue weighted by Gasteiger charge is 2.42. The lowest BCUT2D eigenvalue weighted by atomic mass is 9.90. The Hall–Kier alpha value is -5.28. The van der Waals surface area contributed by atoms with E-state index >= 15 is 0 Å². The second-order valence-electron chi connectivity index (χ2n) is 19.5. The van der Waals surface area contributed by atoms with Crippen molar-refractivity contribution < 1.29 is 23.9 Å². The Morgan fingerprint density at radius 1 is 0.839 bits per heavy atom. The maximum atomic E-state index is 13.4. The number of nitrogens with zero attached hydrogens (tertiary/aromatic N) is 8. The molecule has 4 aromatic rings. The van der Waals surface area contributed by atoms with Crippen molar-refractivity contribution in [2.75, 3.05) is 75.8 Å². The molecule has 62 heavy (non-hydrogen) atoms. The van der Waals surface area contributed by atoms with Gasteiger partial charge >= 0.3 is 0 Å². The van der Waals surface area contributed by atoms with Crippen LogP contribution < -0.4 is 24.6 Å². The lowest BCUT2D eigenvalue weighted by molar-refractivity contribution is -0.136. The van der Waals surface area contributed by atoms with Gasteiger partial charge in [0.2, 0.25) is 11.8 Å². The van der Waals surface area contributed by atoms with E-state index in [-0.39, 0.29) is 29.4 Å². The third kappa shape index (κ3) is 7.97. The number of H-pyrrole nitrogens is 1. The van der Waals surface area contributed by atoms with E-state index in [1.165, 1.54) is 0 Å². The van der Waals surface area contributed by atoms with E-state index in [0.29, 0.717) is 30.4 Å². The number of methoxy groups -OCH3 is 1. The van der Waals surface area contributed by atoms with Gasteiger partial charge in [-0.05, 0) is 108 Å². The monoisotopic (exact) mass is 844 g/mol. The number of hydrogen-bond donors (Lipinski definition) is 2. The van der Waals surface area contributed by atoms with Crippen LogP contribution in [0.5, 0.6) is 11.5 Å². The molecule has 15 heteroatoms. The highest BCUT2D eigenvalue weighted by atomic mass is 16.5. The number of anilines is 2. The van der Waals surface area contributed by atoms with Gasteiger partial charge in [0.25, 0.3) is 5.91 Å². The zero-order valence-electron chi connectivity index (χ0n) is 36.6. The van der Waals surface area contributed by atoms with E-state index in [0.717, 1.165) is 148 Å². The van der Waals surface area contributed by atoms with Crippen molar-refractivity contribution in [3.63, 3.8) is 0 Å². The molecule has 2 aromatic heterocycles. The van der Waals surface area contributed by atoms with Gasteiger partial charge in [0, 0.05) is 93.4 Å². The minimum Gasteiger partial charge on any atom is -0.494 e. The predicted molar refractivity (Wildman–Crippen MR) is 236 cm³/mol. The first kappa shape index (κ1) is 40.8. The Labute approximate surface area is 363 Å². The molecule has 10 rings (SSSR count). The average Bonchev–Trinajstić information content (AvgIpc) is 3.68. The quantitative estimate of drug-likeness (QED) is 0.190. The standard InChI is InChI=1S/C47H60N10O5/c1-46(2)28-53(25-30-11-17-54(18-12-30)38-8-6-33-35(43(38)61-4)27-57(45(33)60)39-9-10-41(58)50-44(39)59)21-22-56(46)26-31-13-19-55(20-14-31)40-24-37(48-29-49-40)42-34-23-32(62-47(3)15-16-47)5-7-36(34)51-52-42/h5-8,23-24,29-31,39H,9-22,25-28H2,1-4H3,(H,51,52)(H,50,58,59). The Morgan fingerprint density at radius 3 is 2.32 bits per heavy atom. The van der Waals surface area contributed by atoms with Crippen molar-refractivity contribution in [2.45, 2.75) is 95.9 Å². The van der Waals surface area contributed by atoms with Crippen molar-refractivity contribution in [3.05, 3.63) is 53.9 Å². The minimum atomic E-state index is -0.644. The third-order valence-corrected chi connectivity index (χ3v) is 14.6. The summed E-state index contributed by atoms with van der Waals surface area (Å²) in [5, 5.41) is 11.2. The Kier molecular flexibility index (Phi) is 10.6. The van der Waals surface area contributed by atoms with Crippen molar-refractivity contribution in [2.24, 2.45) is 11.8 Å². The molecule has 4 saturated heterocycles. The summed E-state index contributed by atoms with van der Waals surface area (Å²) in [7, 11) is 1.66. The van der Waals surface area contributed by atoms with Gasteiger partial charge in [0.05, 0.1) is 30.6 Å². The highest BCUT2D eigenvalue weighted by Crippen LogP contribution is 2.43. The minimum absolute atomic E-state index is 0.0424. The van der Waals surface area contributed by atoms with Gasteiger partial charge in [0.15, 0.2) is 0 Å². The summed E-state index contributed by atoms with van der Waals surface area (Å²) in [5.41, 5.74) is 5.10. The number of nitrogens with one attached hydrogen (secondary N) is 2. The fourth-order valence-corrected chi connectivity index (χ4v) is 10.7. The molecule has 1 atom stereocenters. The number of imide groups is 1. The van der Waals surface area contributed by atoms with Gasteiger partial charge < -0.3 is 24.2 Å². The van der Waals surface area contributed by atoms with Crippen LogP contribution >= 0.6 is 0 Å². The van der Waals surface area contributed by atoms with Crippen LogP contribution in [0.3, 0.4) is 0 Å². The van der Waals surface area contributed by atoms with E-state index in [9.17, 15) is 14.4 Å². The second kappa shape index (κ2) is 16.1. The number of benzene rings is 2. The number of fused-ring (bicyclic) bond motifs is 2. The number of carbonyl (C=O) groups is 3. The van der Waals surface area contributed by atoms with E-state index < -0.39 is 11.9 Å². The van der Waals surface area contributed by atoms with E-state index in [1.807, 2.05) is 24.3 Å². The zero-order valence-corrected chi connectivity index (χ0v) is 36.6. The first-order valence-corrected chi connectivity index (χ1v) is 22.7. The Balaban J connectivity index is 0.699. The maximum absolute atomic E-state index is 13.4. The maximum Gasteiger partial charge on any atom is 0.255 e. The van der Waals surface area contributed by atoms with Gasteiger partial charge in [0.1, 0.15) is 41.0 Å². The Bertz CT molecular complexity index is 2360. The second-order valence-corrected chi connectivity index (χ2v) is 19.5. The molecule has 15 nitrogen and oxygen atoms in total. The summed E-state index contributed by atoms with van der Waals surface area (Å²) in [6, 6.07) is 11.5. The van der Waals surface area contributed by atoms with Crippen LogP contribution in [0, 0.1) is 11.8 Å². The smallest absolute Gasteiger partial charge is 0.255 e. The number of ether oxygens (including phenoxy) is 2. The molecule has 1 saturated carbocycles. The largest absolute Gasteiger partial charge is 0.494 e. The molecule has 328 valence electrons. The molecule has 5 aliphatic heterocycles. The fourth-order valence-electron chi connectivity index (χ4n) is 10.7. The van der Waals surface area contributed by atoms with Crippen LogP contribution in [0.25, 0.3) is 22.3 Å². The molecule has 3 amide bonds. The van der Waals surface area contributed by atoms with Gasteiger partial charge in [-0.15, -0.1) is 0 Å². The summed E-state index contributed by atoms with van der Waals surface area (Å²) in [6.07, 6.45) is 8.91. The number of piperidine rings is 3. The number of piperazine rings is 1. The van der Waals surface area contributed by atoms with Crippen LogP contribution in [0.15, 0.2) is 42.7 Å². The molecule has 0 radical (unpaired) electrons. The number of aromatic amines is 1. The summed E-state index contributed by atoms with van der Waals surface area (Å²) in [4.78, 5) is 59.0.